The topological polar surface area (TPSA) is 119 Å². The van der Waals surface area contributed by atoms with Crippen molar-refractivity contribution < 1.29 is 9.53 Å². The highest BCUT2D eigenvalue weighted by Gasteiger charge is 2.30. The molecule has 4 rings (SSSR count). The Bertz CT molecular complexity index is 1050. The third-order valence-corrected chi connectivity index (χ3v) is 5.77. The van der Waals surface area contributed by atoms with Crippen LogP contribution in [0.1, 0.15) is 38.8 Å². The summed E-state index contributed by atoms with van der Waals surface area (Å²) in [6.07, 6.45) is 4.94. The number of carbonyl (C=O) groups is 1. The van der Waals surface area contributed by atoms with Crippen molar-refractivity contribution >= 4 is 17.9 Å². The SMILES string of the molecule is Cc1cc(N=CC(=CN)CN2C[C@@H](c3ccc4c(c3C)COC4=O)N[C@@H](N)C2)ccn1. The van der Waals surface area contributed by atoms with Crippen molar-refractivity contribution in [1.82, 2.24) is 15.2 Å². The van der Waals surface area contributed by atoms with E-state index in [0.29, 0.717) is 25.3 Å². The van der Waals surface area contributed by atoms with Crippen LogP contribution in [0.15, 0.2) is 47.2 Å². The fraction of sp³-hybridized carbons (Fsp3) is 0.348. The summed E-state index contributed by atoms with van der Waals surface area (Å²) in [5, 5.41) is 3.48. The van der Waals surface area contributed by atoms with Gasteiger partial charge in [-0.2, -0.15) is 0 Å². The van der Waals surface area contributed by atoms with Gasteiger partial charge in [-0.3, -0.25) is 20.2 Å². The zero-order valence-corrected chi connectivity index (χ0v) is 17.8. The van der Waals surface area contributed by atoms with Crippen molar-refractivity contribution in [3.05, 3.63) is 70.2 Å². The van der Waals surface area contributed by atoms with Gasteiger partial charge in [-0.15, -0.1) is 0 Å². The van der Waals surface area contributed by atoms with Crippen LogP contribution >= 0.6 is 0 Å². The average molecular weight is 421 g/mol. The van der Waals surface area contributed by atoms with Crippen LogP contribution < -0.4 is 16.8 Å². The fourth-order valence-electron chi connectivity index (χ4n) is 4.20. The number of cyclic esters (lactones) is 1. The number of fused-ring (bicyclic) bond motifs is 1. The van der Waals surface area contributed by atoms with Crippen molar-refractivity contribution in [2.45, 2.75) is 32.7 Å². The lowest BCUT2D eigenvalue weighted by atomic mass is 9.92. The summed E-state index contributed by atoms with van der Waals surface area (Å²) in [5.74, 6) is -0.249. The molecule has 1 saturated heterocycles. The van der Waals surface area contributed by atoms with Gasteiger partial charge in [-0.1, -0.05) is 6.07 Å². The number of pyridine rings is 1. The standard InChI is InChI=1S/C23H28N6O2/c1-14-7-17(5-6-26-14)27-9-16(8-24)10-29-11-21(28-22(25)12-29)18-3-4-19-20(15(18)2)13-31-23(19)30/h3-9,21-22,28H,10-13,24-25H2,1-2H3/t21-,22+/m0/s1. The molecular weight excluding hydrogens is 392 g/mol. The molecule has 2 aromatic rings. The van der Waals surface area contributed by atoms with Crippen LogP contribution in [-0.2, 0) is 11.3 Å². The van der Waals surface area contributed by atoms with Gasteiger partial charge in [-0.25, -0.2) is 4.79 Å². The lowest BCUT2D eigenvalue weighted by Gasteiger charge is -2.38. The molecule has 0 aliphatic carbocycles. The lowest BCUT2D eigenvalue weighted by molar-refractivity contribution is 0.0535. The van der Waals surface area contributed by atoms with Gasteiger partial charge in [0.25, 0.3) is 0 Å². The Kier molecular flexibility index (Phi) is 6.13. The fourth-order valence-corrected chi connectivity index (χ4v) is 4.20. The highest BCUT2D eigenvalue weighted by atomic mass is 16.5. The predicted octanol–water partition coefficient (Wildman–Crippen LogP) is 1.85. The van der Waals surface area contributed by atoms with E-state index in [9.17, 15) is 4.79 Å². The van der Waals surface area contributed by atoms with Crippen molar-refractivity contribution in [2.75, 3.05) is 19.6 Å². The quantitative estimate of drug-likeness (QED) is 0.499. The molecule has 2 atom stereocenters. The summed E-state index contributed by atoms with van der Waals surface area (Å²) in [5.41, 5.74) is 18.7. The molecule has 3 heterocycles. The molecule has 0 unspecified atom stereocenters. The lowest BCUT2D eigenvalue weighted by Crippen LogP contribution is -2.56. The number of nitrogens with two attached hydrogens (primary N) is 2. The summed E-state index contributed by atoms with van der Waals surface area (Å²) in [7, 11) is 0. The Balaban J connectivity index is 1.48. The normalized spacial score (nSPS) is 22.0. The van der Waals surface area contributed by atoms with E-state index in [1.807, 2.05) is 38.1 Å². The molecule has 31 heavy (non-hydrogen) atoms. The molecular formula is C23H28N6O2. The van der Waals surface area contributed by atoms with Crippen LogP contribution in [0, 0.1) is 13.8 Å². The molecule has 8 heteroatoms. The first-order chi connectivity index (χ1) is 14.9. The Hall–Kier alpha value is -3.07. The molecule has 5 N–H and O–H groups in total. The van der Waals surface area contributed by atoms with Crippen LogP contribution in [0.2, 0.25) is 0 Å². The number of piperazine rings is 1. The van der Waals surface area contributed by atoms with Crippen LogP contribution in [0.5, 0.6) is 0 Å². The maximum absolute atomic E-state index is 11.8. The largest absolute Gasteiger partial charge is 0.457 e. The van der Waals surface area contributed by atoms with Gasteiger partial charge in [0.15, 0.2) is 0 Å². The van der Waals surface area contributed by atoms with E-state index in [4.69, 9.17) is 16.2 Å². The molecule has 162 valence electrons. The minimum absolute atomic E-state index is 0.0450. The van der Waals surface area contributed by atoms with E-state index in [1.54, 1.807) is 18.6 Å². The van der Waals surface area contributed by atoms with Gasteiger partial charge < -0.3 is 16.2 Å². The van der Waals surface area contributed by atoms with Crippen molar-refractivity contribution in [2.24, 2.45) is 16.5 Å². The third-order valence-electron chi connectivity index (χ3n) is 5.77. The van der Waals surface area contributed by atoms with Gasteiger partial charge >= 0.3 is 5.97 Å². The van der Waals surface area contributed by atoms with E-state index in [2.05, 4.69) is 20.2 Å². The summed E-state index contributed by atoms with van der Waals surface area (Å²) >= 11 is 0. The summed E-state index contributed by atoms with van der Waals surface area (Å²) in [6, 6.07) is 7.69. The van der Waals surface area contributed by atoms with E-state index in [1.165, 1.54) is 0 Å². The number of esters is 1. The van der Waals surface area contributed by atoms with E-state index in [-0.39, 0.29) is 18.2 Å². The minimum Gasteiger partial charge on any atom is -0.457 e. The molecule has 0 saturated carbocycles. The number of aromatic nitrogens is 1. The van der Waals surface area contributed by atoms with Crippen molar-refractivity contribution in [3.63, 3.8) is 0 Å². The second-order valence-electron chi connectivity index (χ2n) is 8.06. The first-order valence-corrected chi connectivity index (χ1v) is 10.4. The number of aryl methyl sites for hydroxylation is 1. The van der Waals surface area contributed by atoms with Crippen molar-refractivity contribution in [1.29, 1.82) is 0 Å². The zero-order valence-electron chi connectivity index (χ0n) is 17.8. The van der Waals surface area contributed by atoms with Gasteiger partial charge in [-0.05, 0) is 54.9 Å². The van der Waals surface area contributed by atoms with Crippen LogP contribution in [0.3, 0.4) is 0 Å². The Morgan fingerprint density at radius 2 is 2.19 bits per heavy atom. The van der Waals surface area contributed by atoms with Crippen LogP contribution in [0.25, 0.3) is 0 Å². The van der Waals surface area contributed by atoms with Gasteiger partial charge in [0.1, 0.15) is 6.61 Å². The number of hydrogen-bond acceptors (Lipinski definition) is 8. The molecule has 8 nitrogen and oxygen atoms in total. The number of nitrogens with one attached hydrogen (secondary N) is 1. The van der Waals surface area contributed by atoms with Crippen LogP contribution in [-0.4, -0.2) is 47.9 Å². The number of benzene rings is 1. The second kappa shape index (κ2) is 8.97. The maximum atomic E-state index is 11.8. The van der Waals surface area contributed by atoms with Gasteiger partial charge in [0.2, 0.25) is 0 Å². The number of carbonyl (C=O) groups excluding carboxylic acids is 1. The zero-order chi connectivity index (χ0) is 22.0. The van der Waals surface area contributed by atoms with E-state index >= 15 is 0 Å². The van der Waals surface area contributed by atoms with E-state index < -0.39 is 0 Å². The summed E-state index contributed by atoms with van der Waals surface area (Å²) < 4.78 is 5.19. The predicted molar refractivity (Wildman–Crippen MR) is 120 cm³/mol. The third kappa shape index (κ3) is 4.66. The molecule has 1 fully saturated rings. The number of aliphatic imine (C=N–C) groups is 1. The number of ether oxygens (including phenoxy) is 1. The first kappa shape index (κ1) is 21.2. The molecule has 2 aliphatic heterocycles. The monoisotopic (exact) mass is 420 g/mol. The Morgan fingerprint density at radius 1 is 1.35 bits per heavy atom. The number of rotatable bonds is 5. The van der Waals surface area contributed by atoms with Crippen LogP contribution in [0.4, 0.5) is 5.69 Å². The first-order valence-electron chi connectivity index (χ1n) is 10.4. The number of nitrogens with zero attached hydrogens (tertiary/aromatic N) is 3. The highest BCUT2D eigenvalue weighted by molar-refractivity contribution is 5.94. The summed E-state index contributed by atoms with van der Waals surface area (Å²) in [6.45, 7) is 6.41. The van der Waals surface area contributed by atoms with E-state index in [0.717, 1.165) is 40.2 Å². The Morgan fingerprint density at radius 3 is 2.97 bits per heavy atom. The molecule has 0 spiro atoms. The molecule has 0 radical (unpaired) electrons. The van der Waals surface area contributed by atoms with Gasteiger partial charge in [0, 0.05) is 49.3 Å². The Labute approximate surface area is 182 Å². The summed E-state index contributed by atoms with van der Waals surface area (Å²) in [4.78, 5) is 22.8. The van der Waals surface area contributed by atoms with Gasteiger partial charge in [0.05, 0.1) is 17.4 Å². The highest BCUT2D eigenvalue weighted by Crippen LogP contribution is 2.30. The average Bonchev–Trinajstić information content (AvgIpc) is 3.12. The smallest absolute Gasteiger partial charge is 0.338 e. The molecule has 0 bridgehead atoms. The minimum atomic E-state index is -0.249. The maximum Gasteiger partial charge on any atom is 0.338 e. The molecule has 1 aromatic carbocycles. The molecule has 1 aromatic heterocycles. The second-order valence-corrected chi connectivity index (χ2v) is 8.06. The molecule has 0 amide bonds. The van der Waals surface area contributed by atoms with Crippen molar-refractivity contribution in [3.8, 4) is 0 Å². The molecule has 2 aliphatic rings. The number of hydrogen-bond donors (Lipinski definition) is 3.